The lowest BCUT2D eigenvalue weighted by Crippen LogP contribution is -2.23. The third-order valence-corrected chi connectivity index (χ3v) is 3.27. The molecule has 17 heavy (non-hydrogen) atoms. The highest BCUT2D eigenvalue weighted by Gasteiger charge is 2.13. The van der Waals surface area contributed by atoms with Gasteiger partial charge in [0.1, 0.15) is 6.26 Å². The van der Waals surface area contributed by atoms with E-state index < -0.39 is 11.2 Å². The predicted octanol–water partition coefficient (Wildman–Crippen LogP) is 0.857. The highest BCUT2D eigenvalue weighted by molar-refractivity contribution is 7.90. The highest BCUT2D eigenvalue weighted by Crippen LogP contribution is 2.12. The number of fused-ring (bicyclic) bond motifs is 1. The van der Waals surface area contributed by atoms with E-state index in [1.165, 1.54) is 6.26 Å². The first-order valence-electron chi connectivity index (χ1n) is 5.25. The minimum absolute atomic E-state index is 0.0634. The molecule has 0 aliphatic rings. The van der Waals surface area contributed by atoms with Gasteiger partial charge in [-0.2, -0.15) is 9.97 Å². The Morgan fingerprint density at radius 1 is 1.53 bits per heavy atom. The molecule has 2 heterocycles. The number of nitrogens with zero attached hydrogens (tertiary/aromatic N) is 3. The van der Waals surface area contributed by atoms with Crippen LogP contribution < -0.4 is 5.56 Å². The average Bonchev–Trinajstić information content (AvgIpc) is 2.30. The van der Waals surface area contributed by atoms with Gasteiger partial charge in [0.25, 0.3) is 5.56 Å². The maximum absolute atomic E-state index is 11.9. The molecule has 6 heteroatoms. The minimum Gasteiger partial charge on any atom is -0.609 e. The molecule has 0 saturated heterocycles. The van der Waals surface area contributed by atoms with Gasteiger partial charge in [0, 0.05) is 34.9 Å². The van der Waals surface area contributed by atoms with E-state index in [4.69, 9.17) is 0 Å². The molecule has 0 spiro atoms. The zero-order valence-electron chi connectivity index (χ0n) is 9.93. The van der Waals surface area contributed by atoms with Crippen molar-refractivity contribution in [3.8, 4) is 0 Å². The molecule has 0 aliphatic carbocycles. The van der Waals surface area contributed by atoms with E-state index >= 15 is 0 Å². The first-order chi connectivity index (χ1) is 8.04. The number of pyridine rings is 1. The first-order valence-corrected chi connectivity index (χ1v) is 6.81. The summed E-state index contributed by atoms with van der Waals surface area (Å²) >= 11 is -1.24. The number of aromatic nitrogens is 3. The van der Waals surface area contributed by atoms with Crippen molar-refractivity contribution in [1.82, 2.24) is 14.5 Å². The normalized spacial score (nSPS) is 12.9. The van der Waals surface area contributed by atoms with E-state index in [9.17, 15) is 9.35 Å². The Morgan fingerprint density at radius 2 is 2.24 bits per heavy atom. The van der Waals surface area contributed by atoms with E-state index in [2.05, 4.69) is 9.97 Å². The number of aryl methyl sites for hydroxylation is 2. The second-order valence-corrected chi connectivity index (χ2v) is 5.04. The first kappa shape index (κ1) is 12.1. The Labute approximate surface area is 102 Å². The molecular formula is C11H13N3O2S. The molecule has 5 nitrogen and oxygen atoms in total. The fourth-order valence-electron chi connectivity index (χ4n) is 1.72. The van der Waals surface area contributed by atoms with Crippen molar-refractivity contribution < 1.29 is 4.55 Å². The second kappa shape index (κ2) is 4.46. The van der Waals surface area contributed by atoms with Gasteiger partial charge in [-0.05, 0) is 19.9 Å². The van der Waals surface area contributed by atoms with Gasteiger partial charge in [0.2, 0.25) is 0 Å². The summed E-state index contributed by atoms with van der Waals surface area (Å²) in [5.74, 6) is 0. The van der Waals surface area contributed by atoms with Crippen LogP contribution in [0.4, 0.5) is 0 Å². The highest BCUT2D eigenvalue weighted by atomic mass is 32.2. The van der Waals surface area contributed by atoms with Crippen LogP contribution in [0.15, 0.2) is 22.2 Å². The van der Waals surface area contributed by atoms with E-state index in [0.29, 0.717) is 17.8 Å². The van der Waals surface area contributed by atoms with Gasteiger partial charge >= 0.3 is 5.16 Å². The van der Waals surface area contributed by atoms with Crippen LogP contribution in [-0.2, 0) is 17.7 Å². The van der Waals surface area contributed by atoms with Gasteiger partial charge in [0.05, 0.1) is 0 Å². The summed E-state index contributed by atoms with van der Waals surface area (Å²) < 4.78 is 12.9. The monoisotopic (exact) mass is 251 g/mol. The molecule has 0 aliphatic heterocycles. The molecule has 0 N–H and O–H groups in total. The third kappa shape index (κ3) is 2.05. The maximum atomic E-state index is 11.9. The van der Waals surface area contributed by atoms with Crippen LogP contribution in [0.2, 0.25) is 0 Å². The maximum Gasteiger partial charge on any atom is 0.344 e. The van der Waals surface area contributed by atoms with Gasteiger partial charge in [-0.3, -0.25) is 9.36 Å². The largest absolute Gasteiger partial charge is 0.609 e. The summed E-state index contributed by atoms with van der Waals surface area (Å²) in [4.78, 5) is 20.1. The van der Waals surface area contributed by atoms with Crippen molar-refractivity contribution in [3.63, 3.8) is 0 Å². The molecule has 2 rings (SSSR count). The second-order valence-electron chi connectivity index (χ2n) is 3.76. The van der Waals surface area contributed by atoms with E-state index in [-0.39, 0.29) is 10.7 Å². The molecule has 1 atom stereocenters. The van der Waals surface area contributed by atoms with Gasteiger partial charge in [-0.15, -0.1) is 0 Å². The molecule has 2 aromatic heterocycles. The summed E-state index contributed by atoms with van der Waals surface area (Å²) in [7, 11) is 0. The molecular weight excluding hydrogens is 238 g/mol. The SMILES string of the molecule is CCn1c(=O)c(C)cc2cnc([S+](C)[O-])nc21. The van der Waals surface area contributed by atoms with Gasteiger partial charge in [-0.25, -0.2) is 0 Å². The van der Waals surface area contributed by atoms with Crippen molar-refractivity contribution in [2.24, 2.45) is 0 Å². The summed E-state index contributed by atoms with van der Waals surface area (Å²) in [5, 5.41) is 1.04. The Balaban J connectivity index is 2.84. The van der Waals surface area contributed by atoms with Crippen molar-refractivity contribution >= 4 is 22.2 Å². The van der Waals surface area contributed by atoms with Crippen LogP contribution in [-0.4, -0.2) is 25.3 Å². The molecule has 90 valence electrons. The molecule has 0 fully saturated rings. The molecule has 1 unspecified atom stereocenters. The van der Waals surface area contributed by atoms with E-state index in [1.54, 1.807) is 23.8 Å². The van der Waals surface area contributed by atoms with Crippen LogP contribution in [0.25, 0.3) is 11.0 Å². The fraction of sp³-hybridized carbons (Fsp3) is 0.364. The van der Waals surface area contributed by atoms with Crippen LogP contribution in [0.5, 0.6) is 0 Å². The van der Waals surface area contributed by atoms with Gasteiger partial charge in [0.15, 0.2) is 5.65 Å². The molecule has 2 aromatic rings. The lowest BCUT2D eigenvalue weighted by molar-refractivity contribution is 0.592. The topological polar surface area (TPSA) is 70.8 Å². The minimum atomic E-state index is -1.24. The quantitative estimate of drug-likeness (QED) is 0.586. The van der Waals surface area contributed by atoms with Gasteiger partial charge < -0.3 is 4.55 Å². The predicted molar refractivity (Wildman–Crippen MR) is 66.5 cm³/mol. The van der Waals surface area contributed by atoms with Crippen LogP contribution in [0.3, 0.4) is 0 Å². The number of hydrogen-bond acceptors (Lipinski definition) is 4. The molecule has 0 saturated carbocycles. The zero-order valence-corrected chi connectivity index (χ0v) is 10.7. The smallest absolute Gasteiger partial charge is 0.344 e. The Hall–Kier alpha value is -1.40. The summed E-state index contributed by atoms with van der Waals surface area (Å²) in [6.07, 6.45) is 3.13. The average molecular weight is 251 g/mol. The number of rotatable bonds is 2. The Morgan fingerprint density at radius 3 is 2.82 bits per heavy atom. The lowest BCUT2D eigenvalue weighted by Gasteiger charge is -2.09. The fourth-order valence-corrected chi connectivity index (χ4v) is 2.14. The standard InChI is InChI=1S/C11H13N3O2S/c1-4-14-9-8(5-7(2)10(14)15)6-12-11(13-9)17(3)16/h5-6H,4H2,1-3H3. The lowest BCUT2D eigenvalue weighted by atomic mass is 10.2. The van der Waals surface area contributed by atoms with E-state index in [0.717, 1.165) is 5.39 Å². The summed E-state index contributed by atoms with van der Waals surface area (Å²) in [5.41, 5.74) is 1.14. The van der Waals surface area contributed by atoms with E-state index in [1.807, 2.05) is 6.92 Å². The number of hydrogen-bond donors (Lipinski definition) is 0. The molecule has 0 amide bonds. The Kier molecular flexibility index (Phi) is 3.17. The van der Waals surface area contributed by atoms with Gasteiger partial charge in [-0.1, -0.05) is 0 Å². The summed E-state index contributed by atoms with van der Waals surface area (Å²) in [6, 6.07) is 1.76. The Bertz CT molecular complexity index is 622. The molecule has 0 bridgehead atoms. The zero-order chi connectivity index (χ0) is 12.6. The van der Waals surface area contributed by atoms with Crippen molar-refractivity contribution in [2.75, 3.05) is 6.26 Å². The van der Waals surface area contributed by atoms with Crippen molar-refractivity contribution in [3.05, 3.63) is 28.2 Å². The third-order valence-electron chi connectivity index (χ3n) is 2.56. The summed E-state index contributed by atoms with van der Waals surface area (Å²) in [6.45, 7) is 4.18. The van der Waals surface area contributed by atoms with Crippen molar-refractivity contribution in [2.45, 2.75) is 25.5 Å². The van der Waals surface area contributed by atoms with Crippen molar-refractivity contribution in [1.29, 1.82) is 0 Å². The molecule has 0 radical (unpaired) electrons. The van der Waals surface area contributed by atoms with Crippen LogP contribution >= 0.6 is 0 Å². The van der Waals surface area contributed by atoms with Crippen LogP contribution in [0, 0.1) is 6.92 Å². The van der Waals surface area contributed by atoms with Crippen LogP contribution in [0.1, 0.15) is 12.5 Å². The molecule has 0 aromatic carbocycles.